The van der Waals surface area contributed by atoms with Crippen molar-refractivity contribution in [3.8, 4) is 0 Å². The fourth-order valence-corrected chi connectivity index (χ4v) is 2.52. The van der Waals surface area contributed by atoms with Crippen LogP contribution in [0, 0.1) is 5.92 Å². The molecular formula is C12H21NO. The molecule has 1 N–H and O–H groups in total. The van der Waals surface area contributed by atoms with E-state index in [0.717, 1.165) is 38.4 Å². The number of nitrogens with zero attached hydrogens (tertiary/aromatic N) is 1. The second-order valence-corrected chi connectivity index (χ2v) is 5.07. The molecule has 0 spiro atoms. The van der Waals surface area contributed by atoms with E-state index < -0.39 is 5.60 Å². The zero-order valence-electron chi connectivity index (χ0n) is 9.08. The summed E-state index contributed by atoms with van der Waals surface area (Å²) in [5.41, 5.74) is -0.390. The molecule has 0 aromatic carbocycles. The quantitative estimate of drug-likeness (QED) is 0.679. The molecule has 1 aliphatic carbocycles. The third kappa shape index (κ3) is 2.37. The minimum absolute atomic E-state index is 0.390. The van der Waals surface area contributed by atoms with Gasteiger partial charge in [-0.05, 0) is 31.6 Å². The minimum atomic E-state index is -0.390. The Morgan fingerprint density at radius 3 is 2.43 bits per heavy atom. The summed E-state index contributed by atoms with van der Waals surface area (Å²) in [4.78, 5) is 2.33. The number of rotatable bonds is 2. The average molecular weight is 195 g/mol. The fourth-order valence-electron chi connectivity index (χ4n) is 2.52. The third-order valence-electron chi connectivity index (χ3n) is 3.62. The highest BCUT2D eigenvalue weighted by atomic mass is 16.3. The second kappa shape index (κ2) is 4.03. The summed E-state index contributed by atoms with van der Waals surface area (Å²) in [6.07, 6.45) is 8.74. The van der Waals surface area contributed by atoms with E-state index in [1.54, 1.807) is 0 Å². The first-order valence-corrected chi connectivity index (χ1v) is 5.78. The van der Waals surface area contributed by atoms with Gasteiger partial charge in [0.25, 0.3) is 0 Å². The van der Waals surface area contributed by atoms with Crippen LogP contribution in [0.15, 0.2) is 12.2 Å². The van der Waals surface area contributed by atoms with Gasteiger partial charge >= 0.3 is 0 Å². The van der Waals surface area contributed by atoms with E-state index in [0.29, 0.717) is 0 Å². The van der Waals surface area contributed by atoms with Gasteiger partial charge in [0, 0.05) is 19.6 Å². The van der Waals surface area contributed by atoms with E-state index >= 15 is 0 Å². The molecule has 0 amide bonds. The lowest BCUT2D eigenvalue weighted by atomic mass is 9.79. The van der Waals surface area contributed by atoms with Gasteiger partial charge in [0.1, 0.15) is 0 Å². The van der Waals surface area contributed by atoms with Gasteiger partial charge in [-0.25, -0.2) is 0 Å². The maximum atomic E-state index is 10.4. The van der Waals surface area contributed by atoms with Crippen molar-refractivity contribution in [3.63, 3.8) is 0 Å². The molecule has 0 radical (unpaired) electrons. The van der Waals surface area contributed by atoms with Crippen LogP contribution >= 0.6 is 0 Å². The standard InChI is InChI=1S/C12H21NO/c1-11-4-6-12(14,7-5-11)10-13-8-2-3-9-13/h2-3,11,14H,4-10H2,1H3. The zero-order chi connectivity index (χ0) is 10.0. The van der Waals surface area contributed by atoms with Crippen molar-refractivity contribution in [3.05, 3.63) is 12.2 Å². The maximum Gasteiger partial charge on any atom is 0.0774 e. The second-order valence-electron chi connectivity index (χ2n) is 5.07. The lowest BCUT2D eigenvalue weighted by molar-refractivity contribution is -0.0296. The molecule has 2 rings (SSSR count). The van der Waals surface area contributed by atoms with Crippen molar-refractivity contribution in [2.75, 3.05) is 19.6 Å². The minimum Gasteiger partial charge on any atom is -0.389 e. The van der Waals surface area contributed by atoms with E-state index in [1.807, 2.05) is 0 Å². The van der Waals surface area contributed by atoms with Crippen molar-refractivity contribution in [1.29, 1.82) is 0 Å². The van der Waals surface area contributed by atoms with Crippen LogP contribution in [-0.4, -0.2) is 35.2 Å². The summed E-state index contributed by atoms with van der Waals surface area (Å²) in [7, 11) is 0. The van der Waals surface area contributed by atoms with Gasteiger partial charge in [0.15, 0.2) is 0 Å². The summed E-state index contributed by atoms with van der Waals surface area (Å²) < 4.78 is 0. The predicted molar refractivity (Wildman–Crippen MR) is 58.2 cm³/mol. The lowest BCUT2D eigenvalue weighted by Crippen LogP contribution is -2.44. The Balaban J connectivity index is 1.83. The first-order valence-electron chi connectivity index (χ1n) is 5.78. The predicted octanol–water partition coefficient (Wildman–Crippen LogP) is 1.80. The molecule has 2 nitrogen and oxygen atoms in total. The molecule has 1 heterocycles. The number of aliphatic hydroxyl groups is 1. The van der Waals surface area contributed by atoms with Crippen molar-refractivity contribution in [2.24, 2.45) is 5.92 Å². The molecule has 1 saturated carbocycles. The van der Waals surface area contributed by atoms with Gasteiger partial charge in [-0.1, -0.05) is 19.1 Å². The smallest absolute Gasteiger partial charge is 0.0774 e. The van der Waals surface area contributed by atoms with Crippen LogP contribution in [-0.2, 0) is 0 Å². The Labute approximate surface area is 86.6 Å². The fraction of sp³-hybridized carbons (Fsp3) is 0.833. The van der Waals surface area contributed by atoms with E-state index in [9.17, 15) is 5.11 Å². The van der Waals surface area contributed by atoms with Gasteiger partial charge in [-0.15, -0.1) is 0 Å². The molecule has 0 atom stereocenters. The summed E-state index contributed by atoms with van der Waals surface area (Å²) in [6, 6.07) is 0. The number of β-amino-alcohol motifs (C(OH)–C–C–N with tert-alkyl or cyclic N) is 1. The molecule has 2 aliphatic rings. The topological polar surface area (TPSA) is 23.5 Å². The number of hydrogen-bond acceptors (Lipinski definition) is 2. The largest absolute Gasteiger partial charge is 0.389 e. The Morgan fingerprint density at radius 1 is 1.29 bits per heavy atom. The summed E-state index contributed by atoms with van der Waals surface area (Å²) >= 11 is 0. The molecule has 0 bridgehead atoms. The van der Waals surface area contributed by atoms with Gasteiger partial charge in [-0.3, -0.25) is 4.90 Å². The van der Waals surface area contributed by atoms with Crippen LogP contribution in [0.2, 0.25) is 0 Å². The molecule has 14 heavy (non-hydrogen) atoms. The first-order chi connectivity index (χ1) is 6.68. The Kier molecular flexibility index (Phi) is 2.93. The Morgan fingerprint density at radius 2 is 1.86 bits per heavy atom. The van der Waals surface area contributed by atoms with Crippen LogP contribution in [0.25, 0.3) is 0 Å². The molecule has 1 aliphatic heterocycles. The van der Waals surface area contributed by atoms with Crippen molar-refractivity contribution in [2.45, 2.75) is 38.2 Å². The number of hydrogen-bond donors (Lipinski definition) is 1. The van der Waals surface area contributed by atoms with Crippen molar-refractivity contribution < 1.29 is 5.11 Å². The SMILES string of the molecule is CC1CCC(O)(CN2CC=CC2)CC1. The van der Waals surface area contributed by atoms with Crippen LogP contribution in [0.3, 0.4) is 0 Å². The maximum absolute atomic E-state index is 10.4. The molecule has 2 heteroatoms. The zero-order valence-corrected chi connectivity index (χ0v) is 9.08. The van der Waals surface area contributed by atoms with E-state index in [-0.39, 0.29) is 0 Å². The highest BCUT2D eigenvalue weighted by Gasteiger charge is 2.33. The van der Waals surface area contributed by atoms with Crippen LogP contribution in [0.4, 0.5) is 0 Å². The van der Waals surface area contributed by atoms with Gasteiger partial charge in [-0.2, -0.15) is 0 Å². The van der Waals surface area contributed by atoms with Crippen molar-refractivity contribution >= 4 is 0 Å². The molecule has 1 fully saturated rings. The normalized spacial score (nSPS) is 39.1. The monoisotopic (exact) mass is 195 g/mol. The molecule has 0 aromatic heterocycles. The van der Waals surface area contributed by atoms with E-state index in [4.69, 9.17) is 0 Å². The summed E-state index contributed by atoms with van der Waals surface area (Å²) in [5, 5.41) is 10.4. The molecule has 0 saturated heterocycles. The van der Waals surface area contributed by atoms with E-state index in [1.165, 1.54) is 12.8 Å². The van der Waals surface area contributed by atoms with E-state index in [2.05, 4.69) is 24.0 Å². The first kappa shape index (κ1) is 10.2. The Hall–Kier alpha value is -0.340. The van der Waals surface area contributed by atoms with Crippen molar-refractivity contribution in [1.82, 2.24) is 4.90 Å². The Bertz CT molecular complexity index is 208. The van der Waals surface area contributed by atoms with Crippen LogP contribution in [0.1, 0.15) is 32.6 Å². The lowest BCUT2D eigenvalue weighted by Gasteiger charge is -2.37. The highest BCUT2D eigenvalue weighted by molar-refractivity contribution is 4.98. The van der Waals surface area contributed by atoms with Gasteiger partial charge in [0.05, 0.1) is 5.60 Å². The molecule has 0 unspecified atom stereocenters. The van der Waals surface area contributed by atoms with Crippen LogP contribution < -0.4 is 0 Å². The highest BCUT2D eigenvalue weighted by Crippen LogP contribution is 2.32. The third-order valence-corrected chi connectivity index (χ3v) is 3.62. The molecule has 0 aromatic rings. The summed E-state index contributed by atoms with van der Waals surface area (Å²) in [5.74, 6) is 0.812. The van der Waals surface area contributed by atoms with Gasteiger partial charge < -0.3 is 5.11 Å². The average Bonchev–Trinajstić information content (AvgIpc) is 2.63. The molecule has 80 valence electrons. The van der Waals surface area contributed by atoms with Crippen LogP contribution in [0.5, 0.6) is 0 Å². The summed E-state index contributed by atoms with van der Waals surface area (Å²) in [6.45, 7) is 5.21. The molecular weight excluding hydrogens is 174 g/mol. The van der Waals surface area contributed by atoms with Gasteiger partial charge in [0.2, 0.25) is 0 Å².